The number of benzene rings is 1. The van der Waals surface area contributed by atoms with Gasteiger partial charge in [0, 0.05) is 25.7 Å². The number of nitrogens with two attached hydrogens (primary N) is 1. The third-order valence-electron chi connectivity index (χ3n) is 2.73. The number of rotatable bonds is 6. The molecule has 0 unspecified atom stereocenters. The maximum Gasteiger partial charge on any atom is 0.0905 e. The van der Waals surface area contributed by atoms with Gasteiger partial charge in [-0.3, -0.25) is 5.41 Å². The van der Waals surface area contributed by atoms with Crippen LogP contribution in [0, 0.1) is 5.41 Å². The zero-order valence-corrected chi connectivity index (χ0v) is 10.2. The summed E-state index contributed by atoms with van der Waals surface area (Å²) in [5.74, 6) is 0.273. The zero-order valence-electron chi connectivity index (χ0n) is 10.2. The minimum absolute atomic E-state index is 0.273. The van der Waals surface area contributed by atoms with Gasteiger partial charge in [0.1, 0.15) is 0 Å². The molecule has 0 aliphatic rings. The number of hydrogen-bond acceptors (Lipinski definition) is 2. The largest absolute Gasteiger partial charge is 0.388 e. The Balaban J connectivity index is 2.45. The van der Waals surface area contributed by atoms with Gasteiger partial charge >= 0.3 is 0 Å². The molecule has 0 fully saturated rings. The number of hydrogen-bond donors (Lipinski definition) is 2. The van der Waals surface area contributed by atoms with Gasteiger partial charge in [-0.05, 0) is 30.5 Å². The minimum Gasteiger partial charge on any atom is -0.388 e. The van der Waals surface area contributed by atoms with Gasteiger partial charge in [-0.1, -0.05) is 19.1 Å². The van der Waals surface area contributed by atoms with E-state index in [1.165, 1.54) is 11.3 Å². The van der Waals surface area contributed by atoms with E-state index in [2.05, 4.69) is 43.1 Å². The lowest BCUT2D eigenvalue weighted by atomic mass is 10.1. The van der Waals surface area contributed by atoms with E-state index in [1.807, 2.05) is 0 Å². The van der Waals surface area contributed by atoms with E-state index >= 15 is 0 Å². The Morgan fingerprint density at radius 3 is 2.44 bits per heavy atom. The molecule has 0 saturated carbocycles. The predicted octanol–water partition coefficient (Wildman–Crippen LogP) is 2.40. The van der Waals surface area contributed by atoms with Gasteiger partial charge in [0.05, 0.1) is 5.84 Å². The van der Waals surface area contributed by atoms with Crippen LogP contribution in [0.4, 0.5) is 5.69 Å². The highest BCUT2D eigenvalue weighted by Crippen LogP contribution is 2.14. The molecule has 0 saturated heterocycles. The molecule has 0 atom stereocenters. The van der Waals surface area contributed by atoms with Gasteiger partial charge in [-0.15, -0.1) is 0 Å². The van der Waals surface area contributed by atoms with Crippen molar-refractivity contribution in [2.75, 3.05) is 18.5 Å². The van der Waals surface area contributed by atoms with Crippen LogP contribution in [0.15, 0.2) is 24.3 Å². The van der Waals surface area contributed by atoms with E-state index in [0.717, 1.165) is 19.4 Å². The van der Waals surface area contributed by atoms with E-state index in [4.69, 9.17) is 11.1 Å². The number of amidine groups is 1. The number of nitrogens with zero attached hydrogens (tertiary/aromatic N) is 1. The molecule has 0 aliphatic heterocycles. The first-order valence-electron chi connectivity index (χ1n) is 5.76. The third-order valence-corrected chi connectivity index (χ3v) is 2.73. The molecule has 0 spiro atoms. The summed E-state index contributed by atoms with van der Waals surface area (Å²) in [6, 6.07) is 8.62. The van der Waals surface area contributed by atoms with E-state index in [9.17, 15) is 0 Å². The van der Waals surface area contributed by atoms with Crippen molar-refractivity contribution in [3.05, 3.63) is 29.8 Å². The maximum atomic E-state index is 7.16. The molecule has 1 aromatic carbocycles. The first kappa shape index (κ1) is 12.6. The fourth-order valence-corrected chi connectivity index (χ4v) is 1.62. The lowest BCUT2D eigenvalue weighted by molar-refractivity contribution is 0.811. The van der Waals surface area contributed by atoms with E-state index in [-0.39, 0.29) is 5.84 Å². The summed E-state index contributed by atoms with van der Waals surface area (Å²) in [4.78, 5) is 2.20. The van der Waals surface area contributed by atoms with Crippen molar-refractivity contribution in [2.45, 2.75) is 26.2 Å². The second kappa shape index (κ2) is 6.16. The lowest BCUT2D eigenvalue weighted by Gasteiger charge is -2.19. The quantitative estimate of drug-likeness (QED) is 0.570. The summed E-state index contributed by atoms with van der Waals surface area (Å²) >= 11 is 0. The van der Waals surface area contributed by atoms with Crippen molar-refractivity contribution in [1.29, 1.82) is 5.41 Å². The number of aryl methyl sites for hydroxylation is 1. The fraction of sp³-hybridized carbons (Fsp3) is 0.462. The van der Waals surface area contributed by atoms with Crippen molar-refractivity contribution >= 4 is 11.5 Å². The second-order valence-electron chi connectivity index (χ2n) is 4.07. The normalized spacial score (nSPS) is 10.1. The molecule has 0 heterocycles. The van der Waals surface area contributed by atoms with Crippen LogP contribution in [0.5, 0.6) is 0 Å². The summed E-state index contributed by atoms with van der Waals surface area (Å²) in [6.45, 7) is 3.09. The highest BCUT2D eigenvalue weighted by molar-refractivity contribution is 5.76. The Kier molecular flexibility index (Phi) is 4.83. The summed E-state index contributed by atoms with van der Waals surface area (Å²) < 4.78 is 0. The highest BCUT2D eigenvalue weighted by atomic mass is 15.1. The molecule has 16 heavy (non-hydrogen) atoms. The Hall–Kier alpha value is -1.51. The molecule has 0 amide bonds. The molecule has 3 nitrogen and oxygen atoms in total. The van der Waals surface area contributed by atoms with Gasteiger partial charge < -0.3 is 10.6 Å². The van der Waals surface area contributed by atoms with Crippen LogP contribution in [0.3, 0.4) is 0 Å². The first-order valence-corrected chi connectivity index (χ1v) is 5.76. The molecule has 0 radical (unpaired) electrons. The molecular weight excluding hydrogens is 198 g/mol. The van der Waals surface area contributed by atoms with Gasteiger partial charge in [-0.2, -0.15) is 0 Å². The Labute approximate surface area is 97.8 Å². The van der Waals surface area contributed by atoms with Crippen molar-refractivity contribution < 1.29 is 0 Å². The Morgan fingerprint density at radius 1 is 1.31 bits per heavy atom. The van der Waals surface area contributed by atoms with Crippen LogP contribution >= 0.6 is 0 Å². The summed E-state index contributed by atoms with van der Waals surface area (Å²) in [5.41, 5.74) is 7.90. The average Bonchev–Trinajstić information content (AvgIpc) is 2.28. The smallest absolute Gasteiger partial charge is 0.0905 e. The molecular formula is C13H21N3. The van der Waals surface area contributed by atoms with E-state index < -0.39 is 0 Å². The molecule has 0 aliphatic carbocycles. The Morgan fingerprint density at radius 2 is 1.94 bits per heavy atom. The van der Waals surface area contributed by atoms with Gasteiger partial charge in [0.15, 0.2) is 0 Å². The van der Waals surface area contributed by atoms with Crippen LogP contribution < -0.4 is 10.6 Å². The molecule has 3 N–H and O–H groups in total. The third kappa shape index (κ3) is 3.93. The second-order valence-corrected chi connectivity index (χ2v) is 4.07. The van der Waals surface area contributed by atoms with E-state index in [0.29, 0.717) is 6.42 Å². The van der Waals surface area contributed by atoms with Crippen LogP contribution in [0.1, 0.15) is 25.3 Å². The maximum absolute atomic E-state index is 7.16. The van der Waals surface area contributed by atoms with Crippen molar-refractivity contribution in [1.82, 2.24) is 0 Å². The number of nitrogens with one attached hydrogen (secondary N) is 1. The SMILES string of the molecule is CCc1ccc(N(C)CCCC(=N)N)cc1. The monoisotopic (exact) mass is 219 g/mol. The highest BCUT2D eigenvalue weighted by Gasteiger charge is 2.00. The predicted molar refractivity (Wildman–Crippen MR) is 70.2 cm³/mol. The molecule has 1 rings (SSSR count). The summed E-state index contributed by atoms with van der Waals surface area (Å²) in [5, 5.41) is 7.16. The topological polar surface area (TPSA) is 53.1 Å². The van der Waals surface area contributed by atoms with Gasteiger partial charge in [0.2, 0.25) is 0 Å². The average molecular weight is 219 g/mol. The molecule has 3 heteroatoms. The minimum atomic E-state index is 0.273. The molecule has 88 valence electrons. The van der Waals surface area contributed by atoms with Crippen molar-refractivity contribution in [3.8, 4) is 0 Å². The van der Waals surface area contributed by atoms with E-state index in [1.54, 1.807) is 0 Å². The molecule has 1 aromatic rings. The van der Waals surface area contributed by atoms with Crippen molar-refractivity contribution in [3.63, 3.8) is 0 Å². The summed E-state index contributed by atoms with van der Waals surface area (Å²) in [7, 11) is 2.07. The van der Waals surface area contributed by atoms with Crippen LogP contribution in [-0.4, -0.2) is 19.4 Å². The van der Waals surface area contributed by atoms with Gasteiger partial charge in [0.25, 0.3) is 0 Å². The fourth-order valence-electron chi connectivity index (χ4n) is 1.62. The Bertz CT molecular complexity index is 330. The van der Waals surface area contributed by atoms with Gasteiger partial charge in [-0.25, -0.2) is 0 Å². The van der Waals surface area contributed by atoms with Crippen LogP contribution in [0.25, 0.3) is 0 Å². The van der Waals surface area contributed by atoms with Crippen LogP contribution in [0.2, 0.25) is 0 Å². The van der Waals surface area contributed by atoms with Crippen LogP contribution in [-0.2, 0) is 6.42 Å². The van der Waals surface area contributed by atoms with Crippen molar-refractivity contribution in [2.24, 2.45) is 5.73 Å². The standard InChI is InChI=1S/C13H21N3/c1-3-11-6-8-12(9-7-11)16(2)10-4-5-13(14)15/h6-9H,3-5,10H2,1-2H3,(H3,14,15). The molecule has 0 bridgehead atoms. The molecule has 0 aromatic heterocycles. The summed E-state index contributed by atoms with van der Waals surface area (Å²) in [6.07, 6.45) is 2.69. The number of anilines is 1. The lowest BCUT2D eigenvalue weighted by Crippen LogP contribution is -2.20. The zero-order chi connectivity index (χ0) is 12.0. The first-order chi connectivity index (χ1) is 7.63.